The predicted octanol–water partition coefficient (Wildman–Crippen LogP) is 0.337. The number of carbonyl (C=O) groups excluding carboxylic acids is 1. The SMILES string of the molecule is COC(=O)C1C2CN(CC3CCCNC3)CC21. The number of hydrogen-bond donors (Lipinski definition) is 1. The van der Waals surface area contributed by atoms with Gasteiger partial charge in [-0.05, 0) is 43.7 Å². The fraction of sp³-hybridized carbons (Fsp3) is 0.923. The molecule has 0 aromatic carbocycles. The Bertz CT molecular complexity index is 290. The van der Waals surface area contributed by atoms with Gasteiger partial charge >= 0.3 is 5.97 Å². The lowest BCUT2D eigenvalue weighted by atomic mass is 9.99. The largest absolute Gasteiger partial charge is 0.469 e. The van der Waals surface area contributed by atoms with Crippen LogP contribution in [0.5, 0.6) is 0 Å². The fourth-order valence-corrected chi connectivity index (χ4v) is 3.69. The summed E-state index contributed by atoms with van der Waals surface area (Å²) in [5, 5.41) is 3.47. The Morgan fingerprint density at radius 2 is 2.18 bits per heavy atom. The van der Waals surface area contributed by atoms with Gasteiger partial charge in [0.2, 0.25) is 0 Å². The highest BCUT2D eigenvalue weighted by molar-refractivity contribution is 5.76. The molecule has 2 aliphatic heterocycles. The van der Waals surface area contributed by atoms with Gasteiger partial charge in [-0.15, -0.1) is 0 Å². The summed E-state index contributed by atoms with van der Waals surface area (Å²) in [6.45, 7) is 5.80. The van der Waals surface area contributed by atoms with Gasteiger partial charge in [-0.1, -0.05) is 0 Å². The smallest absolute Gasteiger partial charge is 0.309 e. The molecule has 17 heavy (non-hydrogen) atoms. The molecule has 3 unspecified atom stereocenters. The Morgan fingerprint density at radius 3 is 2.76 bits per heavy atom. The van der Waals surface area contributed by atoms with Crippen molar-refractivity contribution in [3.63, 3.8) is 0 Å². The minimum absolute atomic E-state index is 0.0129. The van der Waals surface area contributed by atoms with Gasteiger partial charge < -0.3 is 15.0 Å². The van der Waals surface area contributed by atoms with E-state index in [0.29, 0.717) is 11.8 Å². The fourth-order valence-electron chi connectivity index (χ4n) is 3.69. The molecule has 3 fully saturated rings. The van der Waals surface area contributed by atoms with E-state index >= 15 is 0 Å². The van der Waals surface area contributed by atoms with Crippen molar-refractivity contribution < 1.29 is 9.53 Å². The van der Waals surface area contributed by atoms with E-state index in [9.17, 15) is 4.79 Å². The first-order valence-electron chi connectivity index (χ1n) is 6.80. The average molecular weight is 238 g/mol. The summed E-state index contributed by atoms with van der Waals surface area (Å²) in [6.07, 6.45) is 2.68. The van der Waals surface area contributed by atoms with Crippen molar-refractivity contribution >= 4 is 5.97 Å². The average Bonchev–Trinajstić information content (AvgIpc) is 2.86. The van der Waals surface area contributed by atoms with E-state index in [2.05, 4.69) is 10.2 Å². The summed E-state index contributed by atoms with van der Waals surface area (Å²) in [5.74, 6) is 2.25. The van der Waals surface area contributed by atoms with Gasteiger partial charge in [0.25, 0.3) is 0 Å². The highest BCUT2D eigenvalue weighted by atomic mass is 16.5. The number of hydrogen-bond acceptors (Lipinski definition) is 4. The highest BCUT2D eigenvalue weighted by Gasteiger charge is 2.59. The van der Waals surface area contributed by atoms with Crippen LogP contribution in [0.15, 0.2) is 0 Å². The normalized spacial score (nSPS) is 41.0. The van der Waals surface area contributed by atoms with E-state index in [4.69, 9.17) is 4.74 Å². The van der Waals surface area contributed by atoms with Gasteiger partial charge in [0.05, 0.1) is 13.0 Å². The first-order chi connectivity index (χ1) is 8.29. The summed E-state index contributed by atoms with van der Waals surface area (Å²) < 4.78 is 4.83. The van der Waals surface area contributed by atoms with E-state index in [1.807, 2.05) is 0 Å². The third-order valence-electron chi connectivity index (χ3n) is 4.66. The molecule has 3 aliphatic rings. The maximum atomic E-state index is 11.4. The number of ether oxygens (including phenoxy) is 1. The van der Waals surface area contributed by atoms with E-state index in [-0.39, 0.29) is 11.9 Å². The minimum Gasteiger partial charge on any atom is -0.469 e. The monoisotopic (exact) mass is 238 g/mol. The van der Waals surface area contributed by atoms with Gasteiger partial charge in [0.15, 0.2) is 0 Å². The number of nitrogens with zero attached hydrogens (tertiary/aromatic N) is 1. The van der Waals surface area contributed by atoms with Crippen LogP contribution in [0.2, 0.25) is 0 Å². The van der Waals surface area contributed by atoms with Crippen molar-refractivity contribution in [1.82, 2.24) is 10.2 Å². The number of nitrogens with one attached hydrogen (secondary N) is 1. The second kappa shape index (κ2) is 4.58. The molecule has 0 aromatic heterocycles. The molecule has 0 aromatic rings. The van der Waals surface area contributed by atoms with Gasteiger partial charge in [-0.3, -0.25) is 4.79 Å². The quantitative estimate of drug-likeness (QED) is 0.720. The summed E-state index contributed by atoms with van der Waals surface area (Å²) in [7, 11) is 1.50. The maximum Gasteiger partial charge on any atom is 0.309 e. The van der Waals surface area contributed by atoms with Crippen LogP contribution in [0.3, 0.4) is 0 Å². The molecule has 3 atom stereocenters. The van der Waals surface area contributed by atoms with Crippen LogP contribution < -0.4 is 5.32 Å². The van der Waals surface area contributed by atoms with Crippen LogP contribution in [0.4, 0.5) is 0 Å². The van der Waals surface area contributed by atoms with Crippen LogP contribution in [-0.4, -0.2) is 50.7 Å². The maximum absolute atomic E-state index is 11.4. The lowest BCUT2D eigenvalue weighted by molar-refractivity contribution is -0.143. The van der Waals surface area contributed by atoms with Crippen molar-refractivity contribution in [2.45, 2.75) is 12.8 Å². The molecule has 3 rings (SSSR count). The first kappa shape index (κ1) is 11.5. The van der Waals surface area contributed by atoms with Crippen LogP contribution in [0, 0.1) is 23.7 Å². The molecule has 0 bridgehead atoms. The standard InChI is InChI=1S/C13H22N2O2/c1-17-13(16)12-10-7-15(8-11(10)12)6-9-3-2-4-14-5-9/h9-12,14H,2-8H2,1H3. The number of fused-ring (bicyclic) bond motifs is 1. The van der Waals surface area contributed by atoms with Crippen LogP contribution >= 0.6 is 0 Å². The summed E-state index contributed by atoms with van der Waals surface area (Å²) in [6, 6.07) is 0. The van der Waals surface area contributed by atoms with E-state index in [1.165, 1.54) is 39.6 Å². The van der Waals surface area contributed by atoms with Gasteiger partial charge in [-0.25, -0.2) is 0 Å². The zero-order valence-corrected chi connectivity index (χ0v) is 10.5. The molecular weight excluding hydrogens is 216 g/mol. The van der Waals surface area contributed by atoms with E-state index in [0.717, 1.165) is 19.0 Å². The number of piperidine rings is 2. The number of likely N-dealkylation sites (tertiary alicyclic amines) is 1. The Morgan fingerprint density at radius 1 is 1.41 bits per heavy atom. The molecule has 1 aliphatic carbocycles. The van der Waals surface area contributed by atoms with Crippen LogP contribution in [-0.2, 0) is 9.53 Å². The molecule has 0 amide bonds. The summed E-state index contributed by atoms with van der Waals surface area (Å²) in [4.78, 5) is 14.0. The number of esters is 1. The number of carbonyl (C=O) groups is 1. The zero-order chi connectivity index (χ0) is 11.8. The highest BCUT2D eigenvalue weighted by Crippen LogP contribution is 2.52. The molecular formula is C13H22N2O2. The molecule has 0 radical (unpaired) electrons. The lowest BCUT2D eigenvalue weighted by Crippen LogP contribution is -2.38. The van der Waals surface area contributed by atoms with Crippen LogP contribution in [0.1, 0.15) is 12.8 Å². The number of rotatable bonds is 3. The third-order valence-corrected chi connectivity index (χ3v) is 4.66. The van der Waals surface area contributed by atoms with E-state index < -0.39 is 0 Å². The zero-order valence-electron chi connectivity index (χ0n) is 10.5. The molecule has 4 nitrogen and oxygen atoms in total. The predicted molar refractivity (Wildman–Crippen MR) is 64.5 cm³/mol. The molecule has 1 N–H and O–H groups in total. The molecule has 4 heteroatoms. The lowest BCUT2D eigenvalue weighted by Gasteiger charge is -2.28. The molecule has 96 valence electrons. The second-order valence-corrected chi connectivity index (χ2v) is 5.81. The third kappa shape index (κ3) is 2.20. The Labute approximate surface area is 103 Å². The Kier molecular flexibility index (Phi) is 3.09. The summed E-state index contributed by atoms with van der Waals surface area (Å²) >= 11 is 0. The molecule has 2 saturated heterocycles. The number of methoxy groups -OCH3 is 1. The van der Waals surface area contributed by atoms with Crippen molar-refractivity contribution in [2.24, 2.45) is 23.7 Å². The van der Waals surface area contributed by atoms with E-state index in [1.54, 1.807) is 0 Å². The Hall–Kier alpha value is -0.610. The molecule has 0 spiro atoms. The second-order valence-electron chi connectivity index (χ2n) is 5.81. The molecule has 1 saturated carbocycles. The van der Waals surface area contributed by atoms with Crippen LogP contribution in [0.25, 0.3) is 0 Å². The minimum atomic E-state index is 0.0129. The van der Waals surface area contributed by atoms with Crippen molar-refractivity contribution in [1.29, 1.82) is 0 Å². The van der Waals surface area contributed by atoms with Crippen molar-refractivity contribution in [2.75, 3.05) is 39.8 Å². The van der Waals surface area contributed by atoms with Gasteiger partial charge in [-0.2, -0.15) is 0 Å². The van der Waals surface area contributed by atoms with Gasteiger partial charge in [0.1, 0.15) is 0 Å². The first-order valence-corrected chi connectivity index (χ1v) is 6.80. The Balaban J connectivity index is 1.44. The van der Waals surface area contributed by atoms with Crippen molar-refractivity contribution in [3.8, 4) is 0 Å². The van der Waals surface area contributed by atoms with Crippen molar-refractivity contribution in [3.05, 3.63) is 0 Å². The summed E-state index contributed by atoms with van der Waals surface area (Å²) in [5.41, 5.74) is 0. The topological polar surface area (TPSA) is 41.6 Å². The van der Waals surface area contributed by atoms with Gasteiger partial charge in [0, 0.05) is 19.6 Å². The molecule has 2 heterocycles.